The Balaban J connectivity index is 2.33. The standard InChI is InChI=1S/C15H13BrClNO3/c1-20-10-4-6-14(21-2)11(8-10)15(19)18-13-7-9(17)3-5-12(13)16/h3-8H,1-2H3,(H,18,19). The van der Waals surface area contributed by atoms with E-state index in [2.05, 4.69) is 21.2 Å². The number of rotatable bonds is 4. The van der Waals surface area contributed by atoms with Gasteiger partial charge in [-0.15, -0.1) is 0 Å². The number of benzene rings is 2. The highest BCUT2D eigenvalue weighted by atomic mass is 79.9. The van der Waals surface area contributed by atoms with Crippen molar-refractivity contribution >= 4 is 39.1 Å². The van der Waals surface area contributed by atoms with Gasteiger partial charge < -0.3 is 14.8 Å². The highest BCUT2D eigenvalue weighted by molar-refractivity contribution is 9.10. The average molecular weight is 371 g/mol. The van der Waals surface area contributed by atoms with Crippen LogP contribution in [0.25, 0.3) is 0 Å². The van der Waals surface area contributed by atoms with E-state index in [0.29, 0.717) is 27.8 Å². The van der Waals surface area contributed by atoms with Gasteiger partial charge in [0.25, 0.3) is 5.91 Å². The van der Waals surface area contributed by atoms with Gasteiger partial charge in [0.1, 0.15) is 11.5 Å². The van der Waals surface area contributed by atoms with Gasteiger partial charge in [0, 0.05) is 9.50 Å². The van der Waals surface area contributed by atoms with Crippen LogP contribution in [0.4, 0.5) is 5.69 Å². The van der Waals surface area contributed by atoms with E-state index in [1.54, 1.807) is 36.4 Å². The predicted octanol–water partition coefficient (Wildman–Crippen LogP) is 4.37. The number of anilines is 1. The molecule has 2 aromatic rings. The second-order valence-corrected chi connectivity index (χ2v) is 5.44. The number of halogens is 2. The van der Waals surface area contributed by atoms with Crippen molar-refractivity contribution in [1.82, 2.24) is 0 Å². The Morgan fingerprint density at radius 3 is 2.57 bits per heavy atom. The lowest BCUT2D eigenvalue weighted by Gasteiger charge is -2.12. The molecule has 0 unspecified atom stereocenters. The third kappa shape index (κ3) is 3.68. The minimum absolute atomic E-state index is 0.311. The quantitative estimate of drug-likeness (QED) is 0.869. The van der Waals surface area contributed by atoms with Crippen molar-refractivity contribution in [3.05, 3.63) is 51.5 Å². The van der Waals surface area contributed by atoms with E-state index in [-0.39, 0.29) is 5.91 Å². The SMILES string of the molecule is COc1ccc(OC)c(C(=O)Nc2cc(Cl)ccc2Br)c1. The van der Waals surface area contributed by atoms with Crippen LogP contribution in [0, 0.1) is 0 Å². The molecule has 0 radical (unpaired) electrons. The molecule has 0 fully saturated rings. The molecule has 0 heterocycles. The maximum atomic E-state index is 12.4. The van der Waals surface area contributed by atoms with E-state index in [0.717, 1.165) is 4.47 Å². The van der Waals surface area contributed by atoms with E-state index in [1.165, 1.54) is 14.2 Å². The van der Waals surface area contributed by atoms with Gasteiger partial charge in [-0.3, -0.25) is 4.79 Å². The van der Waals surface area contributed by atoms with Crippen molar-refractivity contribution in [3.63, 3.8) is 0 Å². The molecule has 4 nitrogen and oxygen atoms in total. The van der Waals surface area contributed by atoms with Crippen LogP contribution in [-0.4, -0.2) is 20.1 Å². The van der Waals surface area contributed by atoms with Crippen molar-refractivity contribution < 1.29 is 14.3 Å². The molecule has 0 aromatic heterocycles. The van der Waals surface area contributed by atoms with Crippen molar-refractivity contribution in [2.45, 2.75) is 0 Å². The van der Waals surface area contributed by atoms with E-state index in [4.69, 9.17) is 21.1 Å². The van der Waals surface area contributed by atoms with Crippen LogP contribution in [0.3, 0.4) is 0 Å². The lowest BCUT2D eigenvalue weighted by molar-refractivity contribution is 0.102. The topological polar surface area (TPSA) is 47.6 Å². The first kappa shape index (κ1) is 15.7. The number of hydrogen-bond donors (Lipinski definition) is 1. The lowest BCUT2D eigenvalue weighted by atomic mass is 10.1. The molecule has 2 rings (SSSR count). The van der Waals surface area contributed by atoms with Crippen LogP contribution in [-0.2, 0) is 0 Å². The summed E-state index contributed by atoms with van der Waals surface area (Å²) in [7, 11) is 3.05. The minimum atomic E-state index is -0.311. The van der Waals surface area contributed by atoms with Crippen molar-refractivity contribution in [1.29, 1.82) is 0 Å². The van der Waals surface area contributed by atoms with Crippen LogP contribution in [0.2, 0.25) is 5.02 Å². The number of ether oxygens (including phenoxy) is 2. The number of carbonyl (C=O) groups is 1. The van der Waals surface area contributed by atoms with Gasteiger partial charge in [-0.25, -0.2) is 0 Å². The smallest absolute Gasteiger partial charge is 0.259 e. The summed E-state index contributed by atoms with van der Waals surface area (Å²) in [6, 6.07) is 10.2. The molecule has 0 aliphatic heterocycles. The molecule has 1 amide bonds. The molecule has 0 bridgehead atoms. The Labute approximate surface area is 136 Å². The van der Waals surface area contributed by atoms with Gasteiger partial charge >= 0.3 is 0 Å². The van der Waals surface area contributed by atoms with E-state index < -0.39 is 0 Å². The fourth-order valence-electron chi connectivity index (χ4n) is 1.77. The fraction of sp³-hybridized carbons (Fsp3) is 0.133. The Morgan fingerprint density at radius 2 is 1.90 bits per heavy atom. The highest BCUT2D eigenvalue weighted by Crippen LogP contribution is 2.29. The molecule has 0 saturated heterocycles. The van der Waals surface area contributed by atoms with Crippen LogP contribution in [0.1, 0.15) is 10.4 Å². The van der Waals surface area contributed by atoms with Crippen molar-refractivity contribution in [2.75, 3.05) is 19.5 Å². The Kier molecular flexibility index (Phi) is 5.09. The highest BCUT2D eigenvalue weighted by Gasteiger charge is 2.15. The Hall–Kier alpha value is -1.72. The molecule has 1 N–H and O–H groups in total. The molecular formula is C15H13BrClNO3. The molecule has 0 saturated carbocycles. The van der Waals surface area contributed by atoms with Crippen molar-refractivity contribution in [3.8, 4) is 11.5 Å². The summed E-state index contributed by atoms with van der Waals surface area (Å²) in [5.74, 6) is 0.728. The Bertz CT molecular complexity index is 676. The third-order valence-corrected chi connectivity index (χ3v) is 3.75. The molecule has 2 aromatic carbocycles. The summed E-state index contributed by atoms with van der Waals surface area (Å²) in [5, 5.41) is 3.32. The van der Waals surface area contributed by atoms with Gasteiger partial charge in [-0.05, 0) is 52.3 Å². The maximum Gasteiger partial charge on any atom is 0.259 e. The first-order valence-corrected chi connectivity index (χ1v) is 7.20. The third-order valence-electron chi connectivity index (χ3n) is 2.83. The van der Waals surface area contributed by atoms with E-state index in [9.17, 15) is 4.79 Å². The zero-order valence-corrected chi connectivity index (χ0v) is 13.8. The van der Waals surface area contributed by atoms with Crippen molar-refractivity contribution in [2.24, 2.45) is 0 Å². The summed E-state index contributed by atoms with van der Waals surface area (Å²) >= 11 is 9.30. The number of hydrogen-bond acceptors (Lipinski definition) is 3. The second-order valence-electron chi connectivity index (χ2n) is 4.14. The normalized spacial score (nSPS) is 10.1. The summed E-state index contributed by atoms with van der Waals surface area (Å²) in [6.07, 6.45) is 0. The number of amides is 1. The van der Waals surface area contributed by atoms with Gasteiger partial charge in [0.15, 0.2) is 0 Å². The zero-order valence-electron chi connectivity index (χ0n) is 11.4. The summed E-state index contributed by atoms with van der Waals surface area (Å²) in [6.45, 7) is 0. The average Bonchev–Trinajstić information content (AvgIpc) is 2.50. The van der Waals surface area contributed by atoms with Gasteiger partial charge in [-0.1, -0.05) is 11.6 Å². The van der Waals surface area contributed by atoms with Crippen LogP contribution < -0.4 is 14.8 Å². The zero-order chi connectivity index (χ0) is 15.4. The maximum absolute atomic E-state index is 12.4. The number of carbonyl (C=O) groups excluding carboxylic acids is 1. The fourth-order valence-corrected chi connectivity index (χ4v) is 2.29. The summed E-state index contributed by atoms with van der Waals surface area (Å²) in [5.41, 5.74) is 0.959. The van der Waals surface area contributed by atoms with Crippen LogP contribution in [0.15, 0.2) is 40.9 Å². The first-order valence-electron chi connectivity index (χ1n) is 6.03. The van der Waals surface area contributed by atoms with Gasteiger partial charge in [0.2, 0.25) is 0 Å². The molecule has 6 heteroatoms. The van der Waals surface area contributed by atoms with E-state index in [1.807, 2.05) is 0 Å². The van der Waals surface area contributed by atoms with E-state index >= 15 is 0 Å². The summed E-state index contributed by atoms with van der Waals surface area (Å²) < 4.78 is 11.1. The second kappa shape index (κ2) is 6.83. The molecule has 0 spiro atoms. The first-order chi connectivity index (χ1) is 10.0. The minimum Gasteiger partial charge on any atom is -0.497 e. The van der Waals surface area contributed by atoms with Gasteiger partial charge in [0.05, 0.1) is 25.5 Å². The monoisotopic (exact) mass is 369 g/mol. The number of nitrogens with one attached hydrogen (secondary N) is 1. The molecular weight excluding hydrogens is 358 g/mol. The number of methoxy groups -OCH3 is 2. The molecule has 0 atom stereocenters. The lowest BCUT2D eigenvalue weighted by Crippen LogP contribution is -2.13. The molecule has 0 aliphatic rings. The largest absolute Gasteiger partial charge is 0.497 e. The Morgan fingerprint density at radius 1 is 1.14 bits per heavy atom. The van der Waals surface area contributed by atoms with Crippen LogP contribution >= 0.6 is 27.5 Å². The molecule has 110 valence electrons. The molecule has 0 aliphatic carbocycles. The van der Waals surface area contributed by atoms with Crippen LogP contribution in [0.5, 0.6) is 11.5 Å². The summed E-state index contributed by atoms with van der Waals surface area (Å²) in [4.78, 5) is 12.4. The predicted molar refractivity (Wildman–Crippen MR) is 86.7 cm³/mol. The molecule has 21 heavy (non-hydrogen) atoms. The van der Waals surface area contributed by atoms with Gasteiger partial charge in [-0.2, -0.15) is 0 Å².